The summed E-state index contributed by atoms with van der Waals surface area (Å²) < 4.78 is 5.47. The average molecular weight is 226 g/mol. The van der Waals surface area contributed by atoms with Crippen molar-refractivity contribution in [3.8, 4) is 5.75 Å². The summed E-state index contributed by atoms with van der Waals surface area (Å²) in [6.07, 6.45) is 2.02. The van der Waals surface area contributed by atoms with Gasteiger partial charge < -0.3 is 15.7 Å². The smallest absolute Gasteiger partial charge is 0.170 e. The molecule has 0 heterocycles. The first-order chi connectivity index (χ1) is 7.27. The van der Waals surface area contributed by atoms with E-state index >= 15 is 0 Å². The number of oxime groups is 1. The zero-order chi connectivity index (χ0) is 11.1. The molecule has 0 atom stereocenters. The van der Waals surface area contributed by atoms with Gasteiger partial charge in [-0.25, -0.2) is 0 Å². The van der Waals surface area contributed by atoms with Crippen LogP contribution in [0.3, 0.4) is 0 Å². The van der Waals surface area contributed by atoms with Crippen molar-refractivity contribution >= 4 is 17.6 Å². The Bertz CT molecular complexity index is 342. The van der Waals surface area contributed by atoms with E-state index in [1.165, 1.54) is 0 Å². The summed E-state index contributed by atoms with van der Waals surface area (Å²) in [6.45, 7) is 0.654. The summed E-state index contributed by atoms with van der Waals surface area (Å²) >= 11 is 1.72. The van der Waals surface area contributed by atoms with Crippen LogP contribution in [0.15, 0.2) is 29.4 Å². The number of nitrogens with zero attached hydrogens (tertiary/aromatic N) is 1. The average Bonchev–Trinajstić information content (AvgIpc) is 2.29. The van der Waals surface area contributed by atoms with Gasteiger partial charge in [-0.2, -0.15) is 11.8 Å². The van der Waals surface area contributed by atoms with Crippen molar-refractivity contribution in [2.24, 2.45) is 10.9 Å². The molecule has 0 aliphatic heterocycles. The van der Waals surface area contributed by atoms with Crippen LogP contribution in [-0.4, -0.2) is 29.7 Å². The van der Waals surface area contributed by atoms with Crippen molar-refractivity contribution < 1.29 is 9.94 Å². The number of benzene rings is 1. The molecule has 0 bridgehead atoms. The Balaban J connectivity index is 2.66. The van der Waals surface area contributed by atoms with Gasteiger partial charge in [-0.15, -0.1) is 0 Å². The lowest BCUT2D eigenvalue weighted by molar-refractivity contribution is 0.318. The molecule has 4 nitrogen and oxygen atoms in total. The SMILES string of the molecule is CSCCOc1cccc(/C(N)=N/O)c1. The zero-order valence-electron chi connectivity index (χ0n) is 8.51. The fourth-order valence-electron chi connectivity index (χ4n) is 1.05. The Hall–Kier alpha value is -1.36. The number of hydrogen-bond donors (Lipinski definition) is 2. The standard InChI is InChI=1S/C10H14N2O2S/c1-15-6-5-14-9-4-2-3-8(7-9)10(11)12-13/h2-4,7,13H,5-6H2,1H3,(H2,11,12). The van der Waals surface area contributed by atoms with Crippen LogP contribution >= 0.6 is 11.8 Å². The van der Waals surface area contributed by atoms with E-state index in [4.69, 9.17) is 15.7 Å². The van der Waals surface area contributed by atoms with E-state index in [2.05, 4.69) is 5.16 Å². The number of amidine groups is 1. The molecule has 0 amide bonds. The maximum atomic E-state index is 8.51. The zero-order valence-corrected chi connectivity index (χ0v) is 9.33. The summed E-state index contributed by atoms with van der Waals surface area (Å²) in [6, 6.07) is 7.15. The Morgan fingerprint density at radius 1 is 1.60 bits per heavy atom. The van der Waals surface area contributed by atoms with Crippen LogP contribution in [0.25, 0.3) is 0 Å². The Labute approximate surface area is 93.1 Å². The molecule has 0 fully saturated rings. The quantitative estimate of drug-likeness (QED) is 0.263. The third-order valence-corrected chi connectivity index (χ3v) is 2.37. The normalized spacial score (nSPS) is 11.4. The highest BCUT2D eigenvalue weighted by Gasteiger charge is 2.00. The highest BCUT2D eigenvalue weighted by atomic mass is 32.2. The van der Waals surface area contributed by atoms with E-state index in [-0.39, 0.29) is 5.84 Å². The Kier molecular flexibility index (Phi) is 4.83. The van der Waals surface area contributed by atoms with Crippen molar-refractivity contribution in [3.63, 3.8) is 0 Å². The summed E-state index contributed by atoms with van der Waals surface area (Å²) in [5.74, 6) is 1.76. The van der Waals surface area contributed by atoms with Crippen LogP contribution < -0.4 is 10.5 Å². The highest BCUT2D eigenvalue weighted by molar-refractivity contribution is 7.98. The van der Waals surface area contributed by atoms with E-state index in [0.29, 0.717) is 12.2 Å². The minimum atomic E-state index is 0.0883. The summed E-state index contributed by atoms with van der Waals surface area (Å²) in [7, 11) is 0. The molecule has 0 saturated heterocycles. The molecule has 0 radical (unpaired) electrons. The number of thioether (sulfide) groups is 1. The predicted molar refractivity (Wildman–Crippen MR) is 62.8 cm³/mol. The third-order valence-electron chi connectivity index (χ3n) is 1.79. The van der Waals surface area contributed by atoms with E-state index in [0.717, 1.165) is 11.5 Å². The lowest BCUT2D eigenvalue weighted by atomic mass is 10.2. The van der Waals surface area contributed by atoms with Crippen LogP contribution in [-0.2, 0) is 0 Å². The second-order valence-electron chi connectivity index (χ2n) is 2.85. The number of ether oxygens (including phenoxy) is 1. The number of rotatable bonds is 5. The minimum Gasteiger partial charge on any atom is -0.493 e. The molecule has 0 unspecified atom stereocenters. The summed E-state index contributed by atoms with van der Waals surface area (Å²) in [5.41, 5.74) is 6.11. The molecule has 1 rings (SSSR count). The molecular weight excluding hydrogens is 212 g/mol. The lowest BCUT2D eigenvalue weighted by Crippen LogP contribution is -2.13. The molecule has 0 aromatic heterocycles. The molecule has 1 aromatic carbocycles. The van der Waals surface area contributed by atoms with E-state index < -0.39 is 0 Å². The largest absolute Gasteiger partial charge is 0.493 e. The van der Waals surface area contributed by atoms with Gasteiger partial charge in [0.25, 0.3) is 0 Å². The van der Waals surface area contributed by atoms with Crippen LogP contribution in [0.5, 0.6) is 5.75 Å². The van der Waals surface area contributed by atoms with Gasteiger partial charge in [0, 0.05) is 11.3 Å². The Morgan fingerprint density at radius 3 is 3.07 bits per heavy atom. The first-order valence-corrected chi connectivity index (χ1v) is 5.87. The van der Waals surface area contributed by atoms with E-state index in [1.54, 1.807) is 23.9 Å². The number of hydrogen-bond acceptors (Lipinski definition) is 4. The van der Waals surface area contributed by atoms with Crippen molar-refractivity contribution in [2.45, 2.75) is 0 Å². The van der Waals surface area contributed by atoms with Gasteiger partial charge in [-0.3, -0.25) is 0 Å². The summed E-state index contributed by atoms with van der Waals surface area (Å²) in [4.78, 5) is 0. The molecule has 1 aromatic rings. The lowest BCUT2D eigenvalue weighted by Gasteiger charge is -2.06. The molecule has 3 N–H and O–H groups in total. The minimum absolute atomic E-state index is 0.0883. The topological polar surface area (TPSA) is 67.8 Å². The number of nitrogens with two attached hydrogens (primary N) is 1. The molecule has 5 heteroatoms. The van der Waals surface area contributed by atoms with Gasteiger partial charge in [0.05, 0.1) is 6.61 Å². The Morgan fingerprint density at radius 2 is 2.40 bits per heavy atom. The molecular formula is C10H14N2O2S. The molecule has 0 spiro atoms. The fraction of sp³-hybridized carbons (Fsp3) is 0.300. The van der Waals surface area contributed by atoms with Crippen LogP contribution in [0.4, 0.5) is 0 Å². The van der Waals surface area contributed by atoms with E-state index in [9.17, 15) is 0 Å². The second kappa shape index (κ2) is 6.19. The molecule has 82 valence electrons. The van der Waals surface area contributed by atoms with Crippen molar-refractivity contribution in [1.82, 2.24) is 0 Å². The first-order valence-electron chi connectivity index (χ1n) is 4.47. The first kappa shape index (κ1) is 11.7. The van der Waals surface area contributed by atoms with E-state index in [1.807, 2.05) is 18.4 Å². The highest BCUT2D eigenvalue weighted by Crippen LogP contribution is 2.13. The summed E-state index contributed by atoms with van der Waals surface area (Å²) in [5, 5.41) is 11.4. The van der Waals surface area contributed by atoms with Crippen LogP contribution in [0.1, 0.15) is 5.56 Å². The van der Waals surface area contributed by atoms with Crippen molar-refractivity contribution in [2.75, 3.05) is 18.6 Å². The van der Waals surface area contributed by atoms with Gasteiger partial charge in [0.15, 0.2) is 5.84 Å². The van der Waals surface area contributed by atoms with Crippen LogP contribution in [0.2, 0.25) is 0 Å². The van der Waals surface area contributed by atoms with Gasteiger partial charge in [0.2, 0.25) is 0 Å². The van der Waals surface area contributed by atoms with Gasteiger partial charge in [-0.1, -0.05) is 17.3 Å². The monoisotopic (exact) mass is 226 g/mol. The van der Waals surface area contributed by atoms with Crippen LogP contribution in [0, 0.1) is 0 Å². The van der Waals surface area contributed by atoms with Crippen molar-refractivity contribution in [1.29, 1.82) is 0 Å². The van der Waals surface area contributed by atoms with Crippen molar-refractivity contribution in [3.05, 3.63) is 29.8 Å². The molecule has 0 saturated carbocycles. The third kappa shape index (κ3) is 3.71. The predicted octanol–water partition coefficient (Wildman–Crippen LogP) is 1.52. The molecule has 0 aliphatic carbocycles. The maximum absolute atomic E-state index is 8.51. The fourth-order valence-corrected chi connectivity index (χ4v) is 1.30. The second-order valence-corrected chi connectivity index (χ2v) is 3.84. The van der Waals surface area contributed by atoms with Gasteiger partial charge in [0.1, 0.15) is 5.75 Å². The van der Waals surface area contributed by atoms with Gasteiger partial charge in [-0.05, 0) is 18.4 Å². The molecule has 15 heavy (non-hydrogen) atoms. The molecule has 0 aliphatic rings. The van der Waals surface area contributed by atoms with Gasteiger partial charge >= 0.3 is 0 Å². The maximum Gasteiger partial charge on any atom is 0.170 e.